The van der Waals surface area contributed by atoms with Crippen molar-refractivity contribution in [1.82, 2.24) is 29.9 Å². The SMILES string of the molecule is CCCc1c(C(=O)N=Nc2c(O)n(CC(=O)[O-])c3ccccc23)nnn1-c1nonc1N. The van der Waals surface area contributed by atoms with Gasteiger partial charge in [-0.15, -0.1) is 15.3 Å². The molecule has 0 aliphatic heterocycles. The molecule has 1 aromatic carbocycles. The summed E-state index contributed by atoms with van der Waals surface area (Å²) in [6.45, 7) is 1.29. The second-order valence-electron chi connectivity index (χ2n) is 6.67. The van der Waals surface area contributed by atoms with Gasteiger partial charge in [0.2, 0.25) is 17.5 Å². The van der Waals surface area contributed by atoms with Crippen molar-refractivity contribution in [1.29, 1.82) is 0 Å². The van der Waals surface area contributed by atoms with Crippen molar-refractivity contribution in [2.24, 2.45) is 10.2 Å². The molecular weight excluding hydrogens is 422 g/mol. The van der Waals surface area contributed by atoms with Crippen LogP contribution in [0.25, 0.3) is 16.7 Å². The smallest absolute Gasteiger partial charge is 0.317 e. The number of carboxylic acid groups (broad SMARTS) is 1. The molecule has 3 aromatic heterocycles. The fraction of sp³-hybridized carbons (Fsp3) is 0.222. The van der Waals surface area contributed by atoms with Gasteiger partial charge in [0.1, 0.15) is 0 Å². The van der Waals surface area contributed by atoms with Gasteiger partial charge in [-0.25, -0.2) is 4.63 Å². The molecule has 3 heterocycles. The van der Waals surface area contributed by atoms with Crippen LogP contribution in [0.1, 0.15) is 29.5 Å². The number of hydrogen-bond acceptors (Lipinski definition) is 11. The maximum atomic E-state index is 12.8. The van der Waals surface area contributed by atoms with Gasteiger partial charge in [0, 0.05) is 5.39 Å². The molecule has 164 valence electrons. The molecule has 14 nitrogen and oxygen atoms in total. The third-order valence-corrected chi connectivity index (χ3v) is 4.59. The summed E-state index contributed by atoms with van der Waals surface area (Å²) >= 11 is 0. The highest BCUT2D eigenvalue weighted by Gasteiger charge is 2.24. The van der Waals surface area contributed by atoms with Gasteiger partial charge in [-0.05, 0) is 22.8 Å². The number of rotatable bonds is 7. The maximum absolute atomic E-state index is 12.8. The number of amides is 1. The summed E-state index contributed by atoms with van der Waals surface area (Å²) < 4.78 is 6.91. The van der Waals surface area contributed by atoms with E-state index < -0.39 is 24.3 Å². The van der Waals surface area contributed by atoms with E-state index in [1.54, 1.807) is 24.3 Å². The number of aromatic hydroxyl groups is 1. The summed E-state index contributed by atoms with van der Waals surface area (Å²) in [4.78, 5) is 23.8. The number of anilines is 1. The van der Waals surface area contributed by atoms with E-state index >= 15 is 0 Å². The van der Waals surface area contributed by atoms with E-state index in [0.29, 0.717) is 29.4 Å². The number of fused-ring (bicyclic) bond motifs is 1. The minimum Gasteiger partial charge on any atom is -0.548 e. The van der Waals surface area contributed by atoms with Crippen LogP contribution in [0.3, 0.4) is 0 Å². The van der Waals surface area contributed by atoms with Crippen LogP contribution >= 0.6 is 0 Å². The van der Waals surface area contributed by atoms with E-state index in [4.69, 9.17) is 5.73 Å². The van der Waals surface area contributed by atoms with Gasteiger partial charge >= 0.3 is 5.91 Å². The molecule has 4 aromatic rings. The van der Waals surface area contributed by atoms with Crippen LogP contribution in [-0.2, 0) is 17.8 Å². The molecule has 0 aliphatic carbocycles. The summed E-state index contributed by atoms with van der Waals surface area (Å²) in [5, 5.41) is 44.4. The number of nitrogen functional groups attached to an aromatic ring is 1. The highest BCUT2D eigenvalue weighted by molar-refractivity contribution is 5.97. The summed E-state index contributed by atoms with van der Waals surface area (Å²) in [5.74, 6) is -2.64. The Labute approximate surface area is 178 Å². The Morgan fingerprint density at radius 2 is 2.06 bits per heavy atom. The van der Waals surface area contributed by atoms with Crippen molar-refractivity contribution in [3.63, 3.8) is 0 Å². The predicted octanol–water partition coefficient (Wildman–Crippen LogP) is 0.519. The number of aromatic nitrogens is 6. The van der Waals surface area contributed by atoms with Crippen molar-refractivity contribution in [3.05, 3.63) is 35.7 Å². The maximum Gasteiger partial charge on any atom is 0.317 e. The Morgan fingerprint density at radius 3 is 2.75 bits per heavy atom. The van der Waals surface area contributed by atoms with E-state index in [1.807, 2.05) is 6.92 Å². The number of nitrogens with zero attached hydrogens (tertiary/aromatic N) is 8. The molecule has 3 N–H and O–H groups in total. The first kappa shape index (κ1) is 20.6. The topological polar surface area (TPSA) is 203 Å². The Morgan fingerprint density at radius 1 is 1.28 bits per heavy atom. The van der Waals surface area contributed by atoms with Crippen LogP contribution in [0.4, 0.5) is 11.5 Å². The molecule has 0 bridgehead atoms. The van der Waals surface area contributed by atoms with Crippen LogP contribution in [0.2, 0.25) is 0 Å². The standard InChI is InChI=1S/C18H17N9O5/c1-2-5-11-14(21-25-27(11)16-15(19)23-32-24-16)17(30)22-20-13-9-6-3-4-7-10(9)26(18(13)31)8-12(28)29/h3-4,6-7,31H,2,5,8H2,1H3,(H2,19,23)(H,28,29)/p-1. The first-order valence-corrected chi connectivity index (χ1v) is 9.41. The fourth-order valence-electron chi connectivity index (χ4n) is 3.24. The zero-order chi connectivity index (χ0) is 22.8. The van der Waals surface area contributed by atoms with Crippen molar-refractivity contribution in [3.8, 4) is 11.7 Å². The molecule has 0 saturated carbocycles. The molecule has 0 saturated heterocycles. The number of benzene rings is 1. The van der Waals surface area contributed by atoms with Crippen molar-refractivity contribution in [2.75, 3.05) is 5.73 Å². The summed E-state index contributed by atoms with van der Waals surface area (Å²) in [7, 11) is 0. The summed E-state index contributed by atoms with van der Waals surface area (Å²) in [6, 6.07) is 6.55. The molecule has 0 radical (unpaired) electrons. The number of para-hydroxylation sites is 1. The summed E-state index contributed by atoms with van der Waals surface area (Å²) in [5.41, 5.74) is 6.32. The number of carbonyl (C=O) groups is 2. The van der Waals surface area contributed by atoms with Gasteiger partial charge in [0.05, 0.1) is 23.7 Å². The fourth-order valence-corrected chi connectivity index (χ4v) is 3.24. The largest absolute Gasteiger partial charge is 0.548 e. The molecule has 32 heavy (non-hydrogen) atoms. The number of azo groups is 1. The lowest BCUT2D eigenvalue weighted by atomic mass is 10.2. The molecule has 0 spiro atoms. The Bertz CT molecular complexity index is 1350. The van der Waals surface area contributed by atoms with Gasteiger partial charge < -0.3 is 25.3 Å². The lowest BCUT2D eigenvalue weighted by Gasteiger charge is -2.06. The average Bonchev–Trinajstić information content (AvgIpc) is 3.44. The molecule has 14 heteroatoms. The van der Waals surface area contributed by atoms with Gasteiger partial charge in [0.25, 0.3) is 0 Å². The molecule has 0 fully saturated rings. The van der Waals surface area contributed by atoms with Crippen molar-refractivity contribution < 1.29 is 24.4 Å². The molecule has 1 amide bonds. The summed E-state index contributed by atoms with van der Waals surface area (Å²) in [6.07, 6.45) is 1.04. The van der Waals surface area contributed by atoms with E-state index in [9.17, 15) is 19.8 Å². The Hall–Kier alpha value is -4.62. The number of carboxylic acids is 1. The van der Waals surface area contributed by atoms with Crippen LogP contribution < -0.4 is 10.8 Å². The molecule has 0 unspecified atom stereocenters. The molecule has 4 rings (SSSR count). The second kappa shape index (κ2) is 8.25. The Kier molecular flexibility index (Phi) is 5.32. The lowest BCUT2D eigenvalue weighted by Crippen LogP contribution is -2.27. The van der Waals surface area contributed by atoms with Crippen LogP contribution in [0.5, 0.6) is 5.88 Å². The first-order chi connectivity index (χ1) is 15.4. The Balaban J connectivity index is 1.73. The van der Waals surface area contributed by atoms with Gasteiger partial charge in [0.15, 0.2) is 11.4 Å². The minimum atomic E-state index is -1.40. The van der Waals surface area contributed by atoms with Gasteiger partial charge in [-0.3, -0.25) is 4.79 Å². The lowest BCUT2D eigenvalue weighted by molar-refractivity contribution is -0.306. The minimum absolute atomic E-state index is 0.0291. The van der Waals surface area contributed by atoms with Crippen molar-refractivity contribution >= 4 is 34.3 Å². The normalized spacial score (nSPS) is 11.5. The molecule has 0 atom stereocenters. The van der Waals surface area contributed by atoms with Crippen LogP contribution in [0, 0.1) is 0 Å². The number of hydrogen-bond donors (Lipinski definition) is 2. The van der Waals surface area contributed by atoms with Crippen LogP contribution in [-0.4, -0.2) is 46.9 Å². The predicted molar refractivity (Wildman–Crippen MR) is 105 cm³/mol. The number of nitrogens with two attached hydrogens (primary N) is 1. The van der Waals surface area contributed by atoms with Crippen LogP contribution in [0.15, 0.2) is 39.1 Å². The monoisotopic (exact) mass is 438 g/mol. The quantitative estimate of drug-likeness (QED) is 0.383. The first-order valence-electron chi connectivity index (χ1n) is 9.41. The average molecular weight is 438 g/mol. The molecule has 0 aliphatic rings. The third kappa shape index (κ3) is 3.53. The second-order valence-corrected chi connectivity index (χ2v) is 6.67. The van der Waals surface area contributed by atoms with E-state index in [2.05, 4.69) is 35.5 Å². The number of aliphatic carboxylic acids is 1. The zero-order valence-electron chi connectivity index (χ0n) is 16.7. The van der Waals surface area contributed by atoms with E-state index in [0.717, 1.165) is 4.57 Å². The van der Waals surface area contributed by atoms with Gasteiger partial charge in [-0.2, -0.15) is 4.68 Å². The highest BCUT2D eigenvalue weighted by atomic mass is 16.6. The highest BCUT2D eigenvalue weighted by Crippen LogP contribution is 2.38. The van der Waals surface area contributed by atoms with E-state index in [-0.39, 0.29) is 23.0 Å². The van der Waals surface area contributed by atoms with E-state index in [1.165, 1.54) is 4.68 Å². The zero-order valence-corrected chi connectivity index (χ0v) is 16.7. The number of carbonyl (C=O) groups excluding carboxylic acids is 2. The third-order valence-electron chi connectivity index (χ3n) is 4.59. The molecular formula is C18H16N9O5-. The van der Waals surface area contributed by atoms with Gasteiger partial charge in [-0.1, -0.05) is 36.8 Å². The van der Waals surface area contributed by atoms with Crippen molar-refractivity contribution in [2.45, 2.75) is 26.3 Å².